The Morgan fingerprint density at radius 1 is 1.22 bits per heavy atom. The van der Waals surface area contributed by atoms with E-state index >= 15 is 0 Å². The van der Waals surface area contributed by atoms with Gasteiger partial charge in [-0.15, -0.1) is 11.8 Å². The average molecular weight is 268 g/mol. The van der Waals surface area contributed by atoms with Gasteiger partial charge in [-0.2, -0.15) is 0 Å². The largest absolute Gasteiger partial charge is 0.491 e. The van der Waals surface area contributed by atoms with Crippen molar-refractivity contribution in [2.24, 2.45) is 0 Å². The van der Waals surface area contributed by atoms with Gasteiger partial charge in [0, 0.05) is 4.90 Å². The summed E-state index contributed by atoms with van der Waals surface area (Å²) in [5.41, 5.74) is -1.19. The van der Waals surface area contributed by atoms with E-state index in [-0.39, 0.29) is 0 Å². The van der Waals surface area contributed by atoms with Crippen molar-refractivity contribution in [3.05, 3.63) is 24.3 Å². The first-order valence-corrected chi connectivity index (χ1v) is 7.12. The lowest BCUT2D eigenvalue weighted by Crippen LogP contribution is -2.53. The zero-order chi connectivity index (χ0) is 14.0. The minimum absolute atomic E-state index is 0.694. The number of benzene rings is 1. The molecule has 2 N–H and O–H groups in total. The summed E-state index contributed by atoms with van der Waals surface area (Å²) in [5, 5.41) is 20.1. The van der Waals surface area contributed by atoms with E-state index < -0.39 is 18.3 Å². The molecule has 0 aliphatic heterocycles. The van der Waals surface area contributed by atoms with Crippen molar-refractivity contribution in [2.75, 3.05) is 6.26 Å². The first-order valence-electron chi connectivity index (χ1n) is 5.89. The van der Waals surface area contributed by atoms with E-state index in [9.17, 15) is 10.1 Å². The highest BCUT2D eigenvalue weighted by molar-refractivity contribution is 7.98. The fourth-order valence-electron chi connectivity index (χ4n) is 1.29. The van der Waals surface area contributed by atoms with Gasteiger partial charge in [-0.3, -0.25) is 0 Å². The summed E-state index contributed by atoms with van der Waals surface area (Å²) < 4.78 is 5.58. The molecule has 0 aromatic heterocycles. The summed E-state index contributed by atoms with van der Waals surface area (Å²) >= 11 is 1.61. The fourth-order valence-corrected chi connectivity index (χ4v) is 1.76. The molecule has 0 atom stereocenters. The molecule has 0 unspecified atom stereocenters. The SMILES string of the molecule is CSc1cccc(B(O)OC(C)(C)C(C)(C)O)c1. The van der Waals surface area contributed by atoms with E-state index in [4.69, 9.17) is 4.65 Å². The van der Waals surface area contributed by atoms with Crippen LogP contribution in [0.2, 0.25) is 0 Å². The predicted molar refractivity (Wildman–Crippen MR) is 77.3 cm³/mol. The van der Waals surface area contributed by atoms with E-state index in [0.717, 1.165) is 4.90 Å². The van der Waals surface area contributed by atoms with Crippen LogP contribution in [-0.2, 0) is 4.65 Å². The molecule has 0 heterocycles. The van der Waals surface area contributed by atoms with E-state index in [0.29, 0.717) is 5.46 Å². The van der Waals surface area contributed by atoms with E-state index in [1.807, 2.05) is 30.5 Å². The van der Waals surface area contributed by atoms with Crippen LogP contribution in [0, 0.1) is 0 Å². The Kier molecular flexibility index (Phi) is 4.89. The Labute approximate surface area is 114 Å². The van der Waals surface area contributed by atoms with Crippen LogP contribution in [0.1, 0.15) is 27.7 Å². The van der Waals surface area contributed by atoms with Crippen LogP contribution >= 0.6 is 11.8 Å². The predicted octanol–water partition coefficient (Wildman–Crippen LogP) is 1.66. The topological polar surface area (TPSA) is 49.7 Å². The number of hydrogen-bond donors (Lipinski definition) is 2. The van der Waals surface area contributed by atoms with Crippen molar-refractivity contribution in [2.45, 2.75) is 43.8 Å². The highest BCUT2D eigenvalue weighted by Gasteiger charge is 2.39. The van der Waals surface area contributed by atoms with Gasteiger partial charge >= 0.3 is 7.12 Å². The molecule has 0 spiro atoms. The number of aliphatic hydroxyl groups is 1. The molecule has 1 aromatic rings. The summed E-state index contributed by atoms with van der Waals surface area (Å²) in [6.07, 6.45) is 1.98. The molecule has 0 fully saturated rings. The summed E-state index contributed by atoms with van der Waals surface area (Å²) in [4.78, 5) is 1.07. The van der Waals surface area contributed by atoms with E-state index in [1.54, 1.807) is 39.5 Å². The highest BCUT2D eigenvalue weighted by atomic mass is 32.2. The first-order chi connectivity index (χ1) is 8.17. The lowest BCUT2D eigenvalue weighted by atomic mass is 9.76. The molecule has 0 amide bonds. The zero-order valence-electron chi connectivity index (χ0n) is 11.6. The van der Waals surface area contributed by atoms with Gasteiger partial charge in [-0.1, -0.05) is 12.1 Å². The van der Waals surface area contributed by atoms with Crippen LogP contribution in [-0.4, -0.2) is 34.7 Å². The molecule has 1 rings (SSSR count). The van der Waals surface area contributed by atoms with E-state index in [2.05, 4.69) is 0 Å². The van der Waals surface area contributed by atoms with Gasteiger partial charge < -0.3 is 14.8 Å². The number of hydrogen-bond acceptors (Lipinski definition) is 4. The van der Waals surface area contributed by atoms with Crippen LogP contribution < -0.4 is 5.46 Å². The van der Waals surface area contributed by atoms with Crippen molar-refractivity contribution >= 4 is 24.3 Å². The summed E-state index contributed by atoms with van der Waals surface area (Å²) in [7, 11) is -1.04. The maximum atomic E-state index is 10.1. The van der Waals surface area contributed by atoms with Crippen LogP contribution in [0.15, 0.2) is 29.2 Å². The second-order valence-electron chi connectivity index (χ2n) is 5.32. The molecule has 0 bridgehead atoms. The lowest BCUT2D eigenvalue weighted by molar-refractivity contribution is -0.0982. The third-order valence-electron chi connectivity index (χ3n) is 3.26. The minimum Gasteiger partial charge on any atom is -0.423 e. The monoisotopic (exact) mass is 268 g/mol. The van der Waals surface area contributed by atoms with Crippen molar-refractivity contribution in [1.29, 1.82) is 0 Å². The molecular formula is C13H21BO3S. The zero-order valence-corrected chi connectivity index (χ0v) is 12.4. The van der Waals surface area contributed by atoms with Crippen LogP contribution in [0.4, 0.5) is 0 Å². The van der Waals surface area contributed by atoms with Crippen LogP contribution in [0.5, 0.6) is 0 Å². The molecule has 0 saturated carbocycles. The van der Waals surface area contributed by atoms with Gasteiger partial charge in [0.05, 0.1) is 11.2 Å². The molecular weight excluding hydrogens is 247 g/mol. The van der Waals surface area contributed by atoms with E-state index in [1.165, 1.54) is 0 Å². The second-order valence-corrected chi connectivity index (χ2v) is 6.20. The Hall–Kier alpha value is -0.485. The molecule has 3 nitrogen and oxygen atoms in total. The minimum atomic E-state index is -1.04. The third kappa shape index (κ3) is 3.75. The molecule has 100 valence electrons. The molecule has 0 aliphatic rings. The van der Waals surface area contributed by atoms with Crippen molar-refractivity contribution < 1.29 is 14.8 Å². The van der Waals surface area contributed by atoms with Crippen molar-refractivity contribution in [3.63, 3.8) is 0 Å². The van der Waals surface area contributed by atoms with Gasteiger partial charge in [0.15, 0.2) is 0 Å². The quantitative estimate of drug-likeness (QED) is 0.630. The smallest absolute Gasteiger partial charge is 0.423 e. The Morgan fingerprint density at radius 2 is 1.83 bits per heavy atom. The maximum absolute atomic E-state index is 10.1. The standard InChI is InChI=1S/C13H21BO3S/c1-12(2,15)13(3,4)17-14(16)10-7-6-8-11(9-10)18-5/h6-9,15-16H,1-5H3. The van der Waals surface area contributed by atoms with Gasteiger partial charge in [0.1, 0.15) is 0 Å². The van der Waals surface area contributed by atoms with Gasteiger partial charge in [0.25, 0.3) is 0 Å². The molecule has 0 aliphatic carbocycles. The number of thioether (sulfide) groups is 1. The lowest BCUT2D eigenvalue weighted by Gasteiger charge is -2.38. The van der Waals surface area contributed by atoms with Crippen molar-refractivity contribution in [1.82, 2.24) is 0 Å². The average Bonchev–Trinajstić information content (AvgIpc) is 2.27. The van der Waals surface area contributed by atoms with Crippen molar-refractivity contribution in [3.8, 4) is 0 Å². The summed E-state index contributed by atoms with van der Waals surface area (Å²) in [6, 6.07) is 7.55. The van der Waals surface area contributed by atoms with Gasteiger partial charge in [0.2, 0.25) is 0 Å². The normalized spacial score (nSPS) is 12.6. The molecule has 1 aromatic carbocycles. The van der Waals surface area contributed by atoms with Gasteiger partial charge in [-0.05, 0) is 51.5 Å². The van der Waals surface area contributed by atoms with Crippen LogP contribution in [0.3, 0.4) is 0 Å². The maximum Gasteiger partial charge on any atom is 0.491 e. The second kappa shape index (κ2) is 5.65. The highest BCUT2D eigenvalue weighted by Crippen LogP contribution is 2.25. The molecule has 18 heavy (non-hydrogen) atoms. The van der Waals surface area contributed by atoms with Gasteiger partial charge in [-0.25, -0.2) is 0 Å². The summed E-state index contributed by atoms with van der Waals surface area (Å²) in [5.74, 6) is 0. The molecule has 5 heteroatoms. The molecule has 0 saturated heterocycles. The molecule has 0 radical (unpaired) electrons. The third-order valence-corrected chi connectivity index (χ3v) is 3.98. The first kappa shape index (κ1) is 15.6. The summed E-state index contributed by atoms with van der Waals surface area (Å²) in [6.45, 7) is 6.85. The Morgan fingerprint density at radius 3 is 2.33 bits per heavy atom. The Bertz CT molecular complexity index is 401. The fraction of sp³-hybridized carbons (Fsp3) is 0.538. The number of rotatable bonds is 5. The Balaban J connectivity index is 2.85. The van der Waals surface area contributed by atoms with Crippen LogP contribution in [0.25, 0.3) is 0 Å².